The van der Waals surface area contributed by atoms with E-state index >= 15 is 0 Å². The predicted octanol–water partition coefficient (Wildman–Crippen LogP) is 1.95. The van der Waals surface area contributed by atoms with E-state index in [0.717, 1.165) is 5.69 Å². The van der Waals surface area contributed by atoms with E-state index in [2.05, 4.69) is 36.9 Å². The fourth-order valence-corrected chi connectivity index (χ4v) is 5.42. The lowest BCUT2D eigenvalue weighted by molar-refractivity contribution is -0.119. The lowest BCUT2D eigenvalue weighted by Gasteiger charge is -2.12. The van der Waals surface area contributed by atoms with E-state index in [1.807, 2.05) is 0 Å². The number of aromatic hydroxyl groups is 1. The molecule has 2 aromatic carbocycles. The average molecular weight is 615 g/mol. The molecule has 0 saturated heterocycles. The highest BCUT2D eigenvalue weighted by atomic mass is 32.2. The fourth-order valence-electron chi connectivity index (χ4n) is 3.90. The summed E-state index contributed by atoms with van der Waals surface area (Å²) in [5.41, 5.74) is 2.88. The van der Waals surface area contributed by atoms with Crippen LogP contribution in [0.25, 0.3) is 0 Å². The molecule has 2 heterocycles. The van der Waals surface area contributed by atoms with Crippen molar-refractivity contribution in [3.05, 3.63) is 101 Å². The highest BCUT2D eigenvalue weighted by molar-refractivity contribution is 7.88. The third kappa shape index (κ3) is 8.68. The van der Waals surface area contributed by atoms with Gasteiger partial charge in [0.15, 0.2) is 0 Å². The third-order valence-electron chi connectivity index (χ3n) is 6.02. The topological polar surface area (TPSA) is 179 Å². The third-order valence-corrected chi connectivity index (χ3v) is 7.79. The summed E-state index contributed by atoms with van der Waals surface area (Å²) in [6.07, 6.45) is 1.69. The van der Waals surface area contributed by atoms with E-state index in [1.165, 1.54) is 29.2 Å². The maximum Gasteiger partial charge on any atom is 0.284 e. The van der Waals surface area contributed by atoms with Crippen molar-refractivity contribution in [3.63, 3.8) is 0 Å². The van der Waals surface area contributed by atoms with Gasteiger partial charge in [0.2, 0.25) is 5.91 Å². The quantitative estimate of drug-likeness (QED) is 0.178. The number of rotatable bonds is 9. The zero-order valence-electron chi connectivity index (χ0n) is 23.9. The fraction of sp³-hybridized carbons (Fsp3) is 0.194. The lowest BCUT2D eigenvalue weighted by atomic mass is 10.1. The van der Waals surface area contributed by atoms with Gasteiger partial charge in [-0.05, 0) is 60.1 Å². The highest BCUT2D eigenvalue weighted by Crippen LogP contribution is 2.22. The summed E-state index contributed by atoms with van der Waals surface area (Å²) in [6, 6.07) is 16.5. The summed E-state index contributed by atoms with van der Waals surface area (Å²) >= 11 is 0. The highest BCUT2D eigenvalue weighted by Gasteiger charge is 2.16. The molecule has 0 aliphatic heterocycles. The summed E-state index contributed by atoms with van der Waals surface area (Å²) in [7, 11) is 0.321. The molecular formula is C31H30N6O6S. The monoisotopic (exact) mass is 614 g/mol. The van der Waals surface area contributed by atoms with Crippen molar-refractivity contribution >= 4 is 34.1 Å². The molecule has 12 nitrogen and oxygen atoms in total. The van der Waals surface area contributed by atoms with Gasteiger partial charge in [0.1, 0.15) is 11.4 Å². The first-order valence-corrected chi connectivity index (χ1v) is 14.7. The van der Waals surface area contributed by atoms with Gasteiger partial charge < -0.3 is 26.0 Å². The van der Waals surface area contributed by atoms with Crippen LogP contribution in [-0.4, -0.2) is 72.8 Å². The molecule has 13 heteroatoms. The Bertz CT molecular complexity index is 1790. The molecule has 2 aromatic heterocycles. The zero-order valence-corrected chi connectivity index (χ0v) is 24.7. The first-order valence-electron chi connectivity index (χ1n) is 13.3. The van der Waals surface area contributed by atoms with Crippen molar-refractivity contribution in [1.29, 1.82) is 0 Å². The Morgan fingerprint density at radius 1 is 1.05 bits per heavy atom. The van der Waals surface area contributed by atoms with Crippen LogP contribution >= 0.6 is 0 Å². The number of aliphatic hydroxyl groups is 2. The second kappa shape index (κ2) is 14.8. The molecule has 0 aliphatic carbocycles. The molecular weight excluding hydrogens is 584 g/mol. The summed E-state index contributed by atoms with van der Waals surface area (Å²) in [5, 5.41) is 38.4. The van der Waals surface area contributed by atoms with E-state index in [1.54, 1.807) is 62.5 Å². The Morgan fingerprint density at radius 2 is 1.82 bits per heavy atom. The number of aryl methyl sites for hydroxylation is 2. The summed E-state index contributed by atoms with van der Waals surface area (Å²) in [4.78, 5) is 42.7. The van der Waals surface area contributed by atoms with E-state index in [-0.39, 0.29) is 29.5 Å². The number of aromatic nitrogens is 3. The summed E-state index contributed by atoms with van der Waals surface area (Å²) in [5.74, 6) is 4.09. The molecule has 4 aromatic rings. The van der Waals surface area contributed by atoms with E-state index in [9.17, 15) is 24.6 Å². The minimum Gasteiger partial charge on any atom is -0.507 e. The standard InChI is InChI=1S/C31H30N6O6S/c1-20-12-26(37(2)35-20)31(43)34-24-7-5-6-21(14-24)10-11-22-13-23(16-32-15-22)30(42)36-44(28-9-4-3-8-27(28)40)19-29(41)33-17-25(39)18-38/h3-9,12-16,25,38-40H,17-19H2,1-2H3,(H,33,41)(H,34,43). The van der Waals surface area contributed by atoms with Gasteiger partial charge in [0, 0.05) is 42.8 Å². The number of anilines is 1. The number of pyridine rings is 1. The van der Waals surface area contributed by atoms with Crippen LogP contribution in [0.5, 0.6) is 5.75 Å². The normalized spacial score (nSPS) is 12.1. The van der Waals surface area contributed by atoms with Gasteiger partial charge in [0.05, 0.1) is 34.6 Å². The smallest absolute Gasteiger partial charge is 0.284 e. The van der Waals surface area contributed by atoms with Gasteiger partial charge in [-0.15, -0.1) is 0 Å². The first kappa shape index (κ1) is 31.8. The van der Waals surface area contributed by atoms with Crippen LogP contribution in [0, 0.1) is 18.8 Å². The number of carbonyl (C=O) groups is 3. The van der Waals surface area contributed by atoms with Gasteiger partial charge in [-0.2, -0.15) is 9.46 Å². The maximum absolute atomic E-state index is 13.2. The first-order chi connectivity index (χ1) is 21.1. The van der Waals surface area contributed by atoms with Gasteiger partial charge in [-0.3, -0.25) is 24.0 Å². The van der Waals surface area contributed by atoms with Crippen LogP contribution in [0.1, 0.15) is 37.7 Å². The Morgan fingerprint density at radius 3 is 2.55 bits per heavy atom. The van der Waals surface area contributed by atoms with E-state index in [4.69, 9.17) is 5.11 Å². The maximum atomic E-state index is 13.2. The number of amides is 3. The minimum atomic E-state index is -1.37. The van der Waals surface area contributed by atoms with Crippen molar-refractivity contribution in [2.45, 2.75) is 17.9 Å². The molecule has 0 spiro atoms. The van der Waals surface area contributed by atoms with Crippen LogP contribution in [0.4, 0.5) is 5.69 Å². The average Bonchev–Trinajstić information content (AvgIpc) is 3.36. The molecule has 226 valence electrons. The molecule has 44 heavy (non-hydrogen) atoms. The second-order valence-electron chi connectivity index (χ2n) is 9.56. The van der Waals surface area contributed by atoms with Crippen LogP contribution in [0.2, 0.25) is 0 Å². The lowest BCUT2D eigenvalue weighted by Crippen LogP contribution is -2.36. The van der Waals surface area contributed by atoms with Gasteiger partial charge in [-0.25, -0.2) is 0 Å². The second-order valence-corrected chi connectivity index (χ2v) is 11.2. The number of carbonyl (C=O) groups excluding carboxylic acids is 3. The number of nitrogens with one attached hydrogen (secondary N) is 2. The van der Waals surface area contributed by atoms with Crippen LogP contribution in [0.3, 0.4) is 0 Å². The molecule has 2 unspecified atom stereocenters. The molecule has 0 aliphatic rings. The van der Waals surface area contributed by atoms with Crippen molar-refractivity contribution in [3.8, 4) is 17.6 Å². The number of aliphatic hydroxyl groups excluding tert-OH is 2. The van der Waals surface area contributed by atoms with E-state index < -0.39 is 35.2 Å². The van der Waals surface area contributed by atoms with Crippen LogP contribution in [0.15, 0.2) is 82.3 Å². The molecule has 0 radical (unpaired) electrons. The molecule has 3 amide bonds. The number of benzene rings is 2. The Kier molecular flexibility index (Phi) is 10.7. The number of phenols is 1. The molecule has 2 atom stereocenters. The number of para-hydroxylation sites is 1. The summed E-state index contributed by atoms with van der Waals surface area (Å²) in [6.45, 7) is 1.11. The Hall–Kier alpha value is -5.16. The van der Waals surface area contributed by atoms with Crippen molar-refractivity contribution in [1.82, 2.24) is 20.1 Å². The molecule has 0 bridgehead atoms. The number of nitrogens with zero attached hydrogens (tertiary/aromatic N) is 4. The van der Waals surface area contributed by atoms with Gasteiger partial charge in [-0.1, -0.05) is 30.0 Å². The molecule has 4 rings (SSSR count). The van der Waals surface area contributed by atoms with Crippen LogP contribution in [-0.2, 0) is 22.5 Å². The van der Waals surface area contributed by atoms with Crippen molar-refractivity contribution in [2.24, 2.45) is 11.4 Å². The number of hydrogen-bond donors (Lipinski definition) is 5. The Balaban J connectivity index is 1.52. The predicted molar refractivity (Wildman–Crippen MR) is 164 cm³/mol. The van der Waals surface area contributed by atoms with Gasteiger partial charge >= 0.3 is 0 Å². The minimum absolute atomic E-state index is 0.123. The Labute approximate surface area is 255 Å². The van der Waals surface area contributed by atoms with Crippen LogP contribution < -0.4 is 10.6 Å². The zero-order chi connectivity index (χ0) is 31.6. The largest absolute Gasteiger partial charge is 0.507 e. The number of phenolic OH excluding ortho intramolecular Hbond substituents is 1. The molecule has 0 fully saturated rings. The van der Waals surface area contributed by atoms with Crippen molar-refractivity contribution < 1.29 is 29.7 Å². The summed E-state index contributed by atoms with van der Waals surface area (Å²) < 4.78 is 5.72. The van der Waals surface area contributed by atoms with Gasteiger partial charge in [0.25, 0.3) is 11.8 Å². The van der Waals surface area contributed by atoms with E-state index in [0.29, 0.717) is 27.4 Å². The SMILES string of the molecule is Cc1cc(C(=O)Nc2cccc(C#Cc3cncc(C(=O)N=S(CC(=O)NCC(O)CO)c4ccccc4O)c3)c2)n(C)n1. The molecule has 5 N–H and O–H groups in total. The number of hydrogen-bond acceptors (Lipinski definition) is 8. The van der Waals surface area contributed by atoms with Crippen molar-refractivity contribution in [2.75, 3.05) is 24.2 Å². The molecule has 0 saturated carbocycles.